The molecule has 3 heterocycles. The van der Waals surface area contributed by atoms with Crippen molar-refractivity contribution < 1.29 is 35.2 Å². The molecule has 1 N–H and O–H groups in total. The van der Waals surface area contributed by atoms with Crippen LogP contribution in [0.4, 0.5) is 22.0 Å². The molecular formula is C21H19F5N4O3S. The van der Waals surface area contributed by atoms with Gasteiger partial charge in [0.25, 0.3) is 5.92 Å². The summed E-state index contributed by atoms with van der Waals surface area (Å²) in [6, 6.07) is 2.47. The Morgan fingerprint density at radius 1 is 1.15 bits per heavy atom. The summed E-state index contributed by atoms with van der Waals surface area (Å²) in [7, 11) is -3.84. The van der Waals surface area contributed by atoms with Crippen LogP contribution in [0.3, 0.4) is 0 Å². The number of hydrogen-bond donors (Lipinski definition) is 1. The van der Waals surface area contributed by atoms with E-state index in [2.05, 4.69) is 14.9 Å². The number of oxime groups is 1. The number of amidine groups is 1. The summed E-state index contributed by atoms with van der Waals surface area (Å²) in [6.45, 7) is -1.12. The fourth-order valence-corrected chi connectivity index (χ4v) is 5.73. The first-order chi connectivity index (χ1) is 16.0. The van der Waals surface area contributed by atoms with Crippen LogP contribution in [0.1, 0.15) is 31.1 Å². The van der Waals surface area contributed by atoms with Gasteiger partial charge in [-0.3, -0.25) is 4.98 Å². The van der Waals surface area contributed by atoms with Crippen LogP contribution in [-0.4, -0.2) is 54.4 Å². The molecule has 0 spiro atoms. The maximum Gasteiger partial charge on any atom is 0.282 e. The van der Waals surface area contributed by atoms with Crippen LogP contribution in [0.25, 0.3) is 11.1 Å². The lowest BCUT2D eigenvalue weighted by Gasteiger charge is -2.18. The quantitative estimate of drug-likeness (QED) is 0.635. The summed E-state index contributed by atoms with van der Waals surface area (Å²) in [5.41, 5.74) is -0.691. The summed E-state index contributed by atoms with van der Waals surface area (Å²) in [5, 5.41) is 3.19. The highest BCUT2D eigenvalue weighted by molar-refractivity contribution is 7.90. The summed E-state index contributed by atoms with van der Waals surface area (Å²) < 4.78 is 98.2. The average molecular weight is 502 g/mol. The molecule has 0 bridgehead atoms. The monoisotopic (exact) mass is 502 g/mol. The van der Waals surface area contributed by atoms with Crippen molar-refractivity contribution in [2.75, 3.05) is 13.1 Å². The van der Waals surface area contributed by atoms with Gasteiger partial charge in [0.05, 0.1) is 35.7 Å². The second-order valence-electron chi connectivity index (χ2n) is 8.55. The molecule has 1 aromatic carbocycles. The lowest BCUT2D eigenvalue weighted by Crippen LogP contribution is -2.47. The number of aromatic nitrogens is 1. The molecule has 2 aromatic rings. The molecule has 34 heavy (non-hydrogen) atoms. The first kappa shape index (κ1) is 23.0. The lowest BCUT2D eigenvalue weighted by molar-refractivity contribution is -0.00129. The van der Waals surface area contributed by atoms with Crippen molar-refractivity contribution in [2.24, 2.45) is 5.16 Å². The Morgan fingerprint density at radius 3 is 2.53 bits per heavy atom. The first-order valence-corrected chi connectivity index (χ1v) is 12.1. The number of nitrogens with one attached hydrogen (secondary N) is 1. The predicted octanol–water partition coefficient (Wildman–Crippen LogP) is 3.34. The van der Waals surface area contributed by atoms with Crippen LogP contribution in [0.15, 0.2) is 35.6 Å². The Balaban J connectivity index is 1.36. The third kappa shape index (κ3) is 4.22. The normalized spacial score (nSPS) is 24.3. The van der Waals surface area contributed by atoms with Crippen molar-refractivity contribution in [2.45, 2.75) is 42.6 Å². The van der Waals surface area contributed by atoms with Gasteiger partial charge in [-0.15, -0.1) is 0 Å². The highest BCUT2D eigenvalue weighted by Crippen LogP contribution is 2.39. The molecule has 3 aliphatic rings. The minimum Gasteiger partial charge on any atom is -0.384 e. The Hall–Kier alpha value is -2.80. The molecule has 1 unspecified atom stereocenters. The van der Waals surface area contributed by atoms with Gasteiger partial charge in [0.15, 0.2) is 6.10 Å². The Bertz CT molecular complexity index is 1250. The van der Waals surface area contributed by atoms with E-state index in [1.165, 1.54) is 4.90 Å². The maximum absolute atomic E-state index is 14.6. The maximum atomic E-state index is 14.6. The van der Waals surface area contributed by atoms with Crippen molar-refractivity contribution in [1.82, 2.24) is 14.6 Å². The lowest BCUT2D eigenvalue weighted by atomic mass is 9.98. The van der Waals surface area contributed by atoms with Crippen molar-refractivity contribution in [3.63, 3.8) is 0 Å². The fraction of sp³-hybridized carbons (Fsp3) is 0.429. The zero-order valence-electron chi connectivity index (χ0n) is 17.5. The van der Waals surface area contributed by atoms with Gasteiger partial charge in [-0.25, -0.2) is 35.1 Å². The number of hydrogen-bond acceptors (Lipinski definition) is 6. The molecule has 1 saturated heterocycles. The Labute approximate surface area is 191 Å². The van der Waals surface area contributed by atoms with Crippen molar-refractivity contribution in [1.29, 1.82) is 0 Å². The van der Waals surface area contributed by atoms with Gasteiger partial charge >= 0.3 is 0 Å². The molecule has 2 atom stereocenters. The molecule has 1 aliphatic carbocycles. The second kappa shape index (κ2) is 8.15. The third-order valence-electron chi connectivity index (χ3n) is 6.02. The largest absolute Gasteiger partial charge is 0.384 e. The molecule has 2 aliphatic heterocycles. The van der Waals surface area contributed by atoms with Gasteiger partial charge in [-0.1, -0.05) is 11.2 Å². The van der Waals surface area contributed by atoms with E-state index in [0.29, 0.717) is 12.8 Å². The van der Waals surface area contributed by atoms with Gasteiger partial charge in [0.1, 0.15) is 29.3 Å². The molecule has 2 fully saturated rings. The van der Waals surface area contributed by atoms with E-state index in [-0.39, 0.29) is 30.1 Å². The van der Waals surface area contributed by atoms with Crippen LogP contribution < -0.4 is 4.72 Å². The minimum atomic E-state index is -3.84. The molecule has 7 nitrogen and oxygen atoms in total. The Morgan fingerprint density at radius 2 is 1.85 bits per heavy atom. The van der Waals surface area contributed by atoms with E-state index in [9.17, 15) is 30.4 Å². The van der Waals surface area contributed by atoms with Crippen LogP contribution in [0, 0.1) is 17.5 Å². The standard InChI is InChI=1S/C21H19F5N4O3S/c22-11-6-13(19-14(23)2-1-3-15(19)24)20(27-8-11)16-7-18(28-33-16)30-9-17(21(25,26)10-30)29-34(31,32)12-4-5-12/h1-3,6,8,12,16-17,29H,4-5,7,9-10H2/t16?,17-/m1/s1. The second-order valence-corrected chi connectivity index (χ2v) is 10.5. The minimum absolute atomic E-state index is 0.0129. The number of sulfonamides is 1. The number of nitrogens with zero attached hydrogens (tertiary/aromatic N) is 3. The third-order valence-corrected chi connectivity index (χ3v) is 7.99. The highest BCUT2D eigenvalue weighted by Gasteiger charge is 2.53. The number of alkyl halides is 2. The fourth-order valence-electron chi connectivity index (χ4n) is 4.14. The predicted molar refractivity (Wildman–Crippen MR) is 111 cm³/mol. The van der Waals surface area contributed by atoms with Gasteiger partial charge in [-0.2, -0.15) is 0 Å². The SMILES string of the molecule is O=S(=O)(N[C@@H]1CN(C2=NOC(c3ncc(F)cc3-c3c(F)cccc3F)C2)CC1(F)F)C1CC1. The van der Waals surface area contributed by atoms with Crippen LogP contribution in [0.2, 0.25) is 0 Å². The van der Waals surface area contributed by atoms with E-state index in [1.54, 1.807) is 0 Å². The molecular weight excluding hydrogens is 483 g/mol. The van der Waals surface area contributed by atoms with E-state index in [0.717, 1.165) is 30.5 Å². The molecule has 5 rings (SSSR count). The summed E-state index contributed by atoms with van der Waals surface area (Å²) in [6.07, 6.45) is 0.635. The zero-order chi connectivity index (χ0) is 24.3. The van der Waals surface area contributed by atoms with E-state index in [1.807, 2.05) is 0 Å². The summed E-state index contributed by atoms with van der Waals surface area (Å²) in [4.78, 5) is 10.5. The smallest absolute Gasteiger partial charge is 0.282 e. The van der Waals surface area contributed by atoms with E-state index < -0.39 is 62.9 Å². The van der Waals surface area contributed by atoms with Crippen molar-refractivity contribution >= 4 is 15.9 Å². The summed E-state index contributed by atoms with van der Waals surface area (Å²) in [5.74, 6) is -5.94. The number of likely N-dealkylation sites (tertiary alicyclic amines) is 1. The van der Waals surface area contributed by atoms with Gasteiger partial charge in [0, 0.05) is 12.1 Å². The molecule has 1 saturated carbocycles. The number of halogens is 5. The van der Waals surface area contributed by atoms with Crippen LogP contribution in [-0.2, 0) is 14.9 Å². The molecule has 1 aromatic heterocycles. The average Bonchev–Trinajstić information content (AvgIpc) is 3.44. The first-order valence-electron chi connectivity index (χ1n) is 10.5. The molecule has 0 radical (unpaired) electrons. The van der Waals surface area contributed by atoms with Gasteiger partial charge < -0.3 is 9.74 Å². The summed E-state index contributed by atoms with van der Waals surface area (Å²) >= 11 is 0. The number of rotatable bonds is 5. The van der Waals surface area contributed by atoms with E-state index >= 15 is 0 Å². The molecule has 13 heteroatoms. The topological polar surface area (TPSA) is 83.9 Å². The van der Waals surface area contributed by atoms with Gasteiger partial charge in [-0.05, 0) is 31.0 Å². The van der Waals surface area contributed by atoms with Crippen LogP contribution >= 0.6 is 0 Å². The van der Waals surface area contributed by atoms with Gasteiger partial charge in [0.2, 0.25) is 10.0 Å². The van der Waals surface area contributed by atoms with Crippen LogP contribution in [0.5, 0.6) is 0 Å². The van der Waals surface area contributed by atoms with E-state index in [4.69, 9.17) is 4.84 Å². The molecule has 0 amide bonds. The highest BCUT2D eigenvalue weighted by atomic mass is 32.2. The number of benzene rings is 1. The molecule has 182 valence electrons. The number of pyridine rings is 1. The Kier molecular flexibility index (Phi) is 5.51. The van der Waals surface area contributed by atoms with Crippen molar-refractivity contribution in [3.05, 3.63) is 53.6 Å². The van der Waals surface area contributed by atoms with Crippen molar-refractivity contribution in [3.8, 4) is 11.1 Å². The zero-order valence-corrected chi connectivity index (χ0v) is 18.3.